The van der Waals surface area contributed by atoms with Crippen LogP contribution in [0.3, 0.4) is 0 Å². The molecule has 4 aromatic rings. The molecular formula is C36H42N2O2. The molecule has 40 heavy (non-hydrogen) atoms. The standard InChI is InChI=1S/C36H42N2O2/c1-15-17(3)21(7)33-27(19(15)5)31(25(11)37(33)13)29-23(9)36(40)30(24(10)35(29)39)32-26(12)38(14)34-22(8)18(4)16(2)20(6)28(32)34/h1-14H3. The second-order valence-electron chi connectivity index (χ2n) is 12.1. The molecular weight excluding hydrogens is 492 g/mol. The SMILES string of the molecule is CC1=C(c2c(C)n(C)c3c(C)c(C)c(C)c(C)c23)C(=O)C(C)=C(c2c(C)n(C)c3c(C)c(C)c(C)c(C)c23)C1=O. The molecule has 0 radical (unpaired) electrons. The Bertz CT molecular complexity index is 1800. The Morgan fingerprint density at radius 3 is 0.975 bits per heavy atom. The van der Waals surface area contributed by atoms with Gasteiger partial charge in [0.05, 0.1) is 11.0 Å². The minimum absolute atomic E-state index is 0.0485. The molecule has 1 aliphatic rings. The largest absolute Gasteiger partial charge is 0.347 e. The zero-order valence-corrected chi connectivity index (χ0v) is 26.7. The molecule has 0 bridgehead atoms. The minimum Gasteiger partial charge on any atom is -0.347 e. The highest BCUT2D eigenvalue weighted by molar-refractivity contribution is 6.49. The van der Waals surface area contributed by atoms with Gasteiger partial charge in [-0.1, -0.05) is 0 Å². The molecule has 0 amide bonds. The van der Waals surface area contributed by atoms with Crippen molar-refractivity contribution >= 4 is 44.5 Å². The number of rotatable bonds is 2. The fourth-order valence-electron chi connectivity index (χ4n) is 7.22. The summed E-state index contributed by atoms with van der Waals surface area (Å²) in [5.74, 6) is -0.0971. The van der Waals surface area contributed by atoms with E-state index in [1.165, 1.54) is 44.5 Å². The van der Waals surface area contributed by atoms with E-state index in [9.17, 15) is 9.59 Å². The quantitative estimate of drug-likeness (QED) is 0.244. The molecule has 0 aliphatic heterocycles. The zero-order valence-electron chi connectivity index (χ0n) is 26.7. The summed E-state index contributed by atoms with van der Waals surface area (Å²) in [6.45, 7) is 25.0. The molecule has 0 atom stereocenters. The van der Waals surface area contributed by atoms with Crippen LogP contribution in [0.5, 0.6) is 0 Å². The number of allylic oxidation sites excluding steroid dienone is 4. The Morgan fingerprint density at radius 2 is 0.675 bits per heavy atom. The summed E-state index contributed by atoms with van der Waals surface area (Å²) in [6.07, 6.45) is 0. The highest BCUT2D eigenvalue weighted by atomic mass is 16.1. The summed E-state index contributed by atoms with van der Waals surface area (Å²) in [5.41, 5.74) is 18.1. The van der Waals surface area contributed by atoms with Crippen LogP contribution in [0.4, 0.5) is 0 Å². The normalized spacial score (nSPS) is 14.7. The van der Waals surface area contributed by atoms with Gasteiger partial charge in [-0.2, -0.15) is 0 Å². The van der Waals surface area contributed by atoms with Gasteiger partial charge >= 0.3 is 0 Å². The number of ketones is 2. The summed E-state index contributed by atoms with van der Waals surface area (Å²) in [4.78, 5) is 28.9. The Kier molecular flexibility index (Phi) is 6.22. The summed E-state index contributed by atoms with van der Waals surface area (Å²) in [7, 11) is 4.13. The Morgan fingerprint density at radius 1 is 0.400 bits per heavy atom. The molecule has 0 spiro atoms. The van der Waals surface area contributed by atoms with Crippen molar-refractivity contribution in [3.8, 4) is 0 Å². The van der Waals surface area contributed by atoms with E-state index in [0.29, 0.717) is 22.3 Å². The topological polar surface area (TPSA) is 44.0 Å². The van der Waals surface area contributed by atoms with Crippen molar-refractivity contribution in [3.05, 3.63) is 78.2 Å². The maximum atomic E-state index is 14.5. The lowest BCUT2D eigenvalue weighted by atomic mass is 9.77. The fourth-order valence-corrected chi connectivity index (χ4v) is 7.22. The number of benzene rings is 2. The van der Waals surface area contributed by atoms with Crippen LogP contribution in [0.15, 0.2) is 11.1 Å². The summed E-state index contributed by atoms with van der Waals surface area (Å²) in [5, 5.41) is 2.18. The monoisotopic (exact) mass is 534 g/mol. The summed E-state index contributed by atoms with van der Waals surface area (Å²) in [6, 6.07) is 0. The smallest absolute Gasteiger partial charge is 0.190 e. The number of carbonyl (C=O) groups is 2. The van der Waals surface area contributed by atoms with Gasteiger partial charge in [0.1, 0.15) is 0 Å². The molecule has 0 unspecified atom stereocenters. The minimum atomic E-state index is -0.0485. The first-order valence-electron chi connectivity index (χ1n) is 14.2. The van der Waals surface area contributed by atoms with Crippen molar-refractivity contribution in [3.63, 3.8) is 0 Å². The maximum Gasteiger partial charge on any atom is 0.190 e. The van der Waals surface area contributed by atoms with Crippen LogP contribution >= 0.6 is 0 Å². The lowest BCUT2D eigenvalue weighted by molar-refractivity contribution is -0.113. The van der Waals surface area contributed by atoms with Crippen LogP contribution in [0, 0.1) is 69.2 Å². The van der Waals surface area contributed by atoms with Gasteiger partial charge in [0.15, 0.2) is 11.6 Å². The average Bonchev–Trinajstić information content (AvgIpc) is 3.33. The molecule has 0 saturated heterocycles. The molecule has 4 nitrogen and oxygen atoms in total. The third-order valence-corrected chi connectivity index (χ3v) is 10.6. The molecule has 1 aliphatic carbocycles. The van der Waals surface area contributed by atoms with E-state index in [1.807, 2.05) is 13.8 Å². The van der Waals surface area contributed by atoms with Gasteiger partial charge in [-0.15, -0.1) is 0 Å². The molecule has 208 valence electrons. The van der Waals surface area contributed by atoms with E-state index in [4.69, 9.17) is 0 Å². The van der Waals surface area contributed by atoms with E-state index in [-0.39, 0.29) is 11.6 Å². The van der Waals surface area contributed by atoms with Gasteiger partial charge < -0.3 is 9.13 Å². The molecule has 4 heteroatoms. The molecule has 2 aromatic heterocycles. The Balaban J connectivity index is 1.86. The van der Waals surface area contributed by atoms with Crippen LogP contribution in [0.25, 0.3) is 33.0 Å². The third-order valence-electron chi connectivity index (χ3n) is 10.6. The van der Waals surface area contributed by atoms with Crippen molar-refractivity contribution in [1.29, 1.82) is 0 Å². The molecule has 0 fully saturated rings. The lowest BCUT2D eigenvalue weighted by Gasteiger charge is -2.23. The zero-order chi connectivity index (χ0) is 29.9. The molecule has 0 N–H and O–H groups in total. The van der Waals surface area contributed by atoms with Crippen LogP contribution < -0.4 is 0 Å². The van der Waals surface area contributed by atoms with E-state index in [2.05, 4.69) is 92.5 Å². The number of nitrogens with zero attached hydrogens (tertiary/aromatic N) is 2. The first kappa shape index (κ1) is 27.9. The van der Waals surface area contributed by atoms with Crippen LogP contribution in [-0.2, 0) is 23.7 Å². The van der Waals surface area contributed by atoms with Crippen molar-refractivity contribution in [2.24, 2.45) is 14.1 Å². The highest BCUT2D eigenvalue weighted by Gasteiger charge is 2.37. The molecule has 2 aromatic carbocycles. The average molecular weight is 535 g/mol. The van der Waals surface area contributed by atoms with Gasteiger partial charge in [-0.05, 0) is 128 Å². The van der Waals surface area contributed by atoms with Gasteiger partial charge in [-0.3, -0.25) is 9.59 Å². The molecule has 2 heterocycles. The summed E-state index contributed by atoms with van der Waals surface area (Å²) >= 11 is 0. The van der Waals surface area contributed by atoms with Crippen molar-refractivity contribution < 1.29 is 9.59 Å². The van der Waals surface area contributed by atoms with Gasteiger partial charge in [-0.25, -0.2) is 0 Å². The molecule has 0 saturated carbocycles. The predicted octanol–water partition coefficient (Wildman–Crippen LogP) is 8.15. The number of Topliss-reactive ketones (excluding diaryl/α,β-unsaturated/α-hetero) is 2. The number of hydrogen-bond donors (Lipinski definition) is 0. The predicted molar refractivity (Wildman–Crippen MR) is 168 cm³/mol. The van der Waals surface area contributed by atoms with Crippen LogP contribution in [0.2, 0.25) is 0 Å². The number of fused-ring (bicyclic) bond motifs is 2. The number of hydrogen-bond acceptors (Lipinski definition) is 2. The van der Waals surface area contributed by atoms with Crippen molar-refractivity contribution in [1.82, 2.24) is 9.13 Å². The van der Waals surface area contributed by atoms with Crippen molar-refractivity contribution in [2.75, 3.05) is 0 Å². The maximum absolute atomic E-state index is 14.5. The number of aromatic nitrogens is 2. The van der Waals surface area contributed by atoms with Crippen LogP contribution in [0.1, 0.15) is 80.9 Å². The first-order chi connectivity index (χ1) is 18.6. The lowest BCUT2D eigenvalue weighted by Crippen LogP contribution is -2.21. The van der Waals surface area contributed by atoms with E-state index < -0.39 is 0 Å². The molecule has 5 rings (SSSR count). The third kappa shape index (κ3) is 3.25. The number of carbonyl (C=O) groups excluding carboxylic acids is 2. The van der Waals surface area contributed by atoms with Gasteiger partial charge in [0.2, 0.25) is 0 Å². The Hall–Kier alpha value is -3.66. The second kappa shape index (κ2) is 8.92. The van der Waals surface area contributed by atoms with Gasteiger partial charge in [0.25, 0.3) is 0 Å². The number of aryl methyl sites for hydroxylation is 6. The van der Waals surface area contributed by atoms with Crippen molar-refractivity contribution in [2.45, 2.75) is 83.1 Å². The van der Waals surface area contributed by atoms with Gasteiger partial charge in [0, 0.05) is 69.7 Å². The van der Waals surface area contributed by atoms with E-state index in [0.717, 1.165) is 44.3 Å². The summed E-state index contributed by atoms with van der Waals surface area (Å²) < 4.78 is 4.39. The highest BCUT2D eigenvalue weighted by Crippen LogP contribution is 2.46. The fraction of sp³-hybridized carbons (Fsp3) is 0.389. The second-order valence-corrected chi connectivity index (χ2v) is 12.1. The van der Waals surface area contributed by atoms with E-state index in [1.54, 1.807) is 0 Å². The van der Waals surface area contributed by atoms with Crippen LogP contribution in [-0.4, -0.2) is 20.7 Å². The first-order valence-corrected chi connectivity index (χ1v) is 14.2. The van der Waals surface area contributed by atoms with E-state index >= 15 is 0 Å². The Labute approximate surface area is 238 Å².